The molecule has 2 aromatic rings. The molecule has 0 saturated carbocycles. The number of likely N-dealkylation sites (tertiary alicyclic amines) is 1. The van der Waals surface area contributed by atoms with Crippen molar-refractivity contribution in [2.45, 2.75) is 39.0 Å². The standard InChI is InChI=1S/C26H33N3O3/c1-3-4-17-32-24(30)18-19-13-15-29(16-14-19)26(31)23-8-6-5-7-22(23)20-9-11-21(12-10-20)25(27)28-2/h5-12,19H,3-4,13-18H2,1-2H3,(H2,27,28). The minimum absolute atomic E-state index is 0.0246. The normalized spacial score (nSPS) is 14.1. The number of amides is 1. The lowest BCUT2D eigenvalue weighted by Gasteiger charge is -2.32. The number of nitrogens with one attached hydrogen (secondary N) is 2. The van der Waals surface area contributed by atoms with Crippen molar-refractivity contribution in [3.8, 4) is 11.1 Å². The number of benzene rings is 2. The Morgan fingerprint density at radius 1 is 1.09 bits per heavy atom. The molecular formula is C26H33N3O3. The van der Waals surface area contributed by atoms with Gasteiger partial charge in [0.15, 0.2) is 0 Å². The van der Waals surface area contributed by atoms with Crippen LogP contribution in [0.5, 0.6) is 0 Å². The molecule has 1 saturated heterocycles. The van der Waals surface area contributed by atoms with E-state index in [1.54, 1.807) is 7.05 Å². The second-order valence-corrected chi connectivity index (χ2v) is 8.26. The monoisotopic (exact) mass is 435 g/mol. The first kappa shape index (κ1) is 23.5. The van der Waals surface area contributed by atoms with Gasteiger partial charge in [-0.3, -0.25) is 15.0 Å². The van der Waals surface area contributed by atoms with E-state index in [0.717, 1.165) is 42.4 Å². The lowest BCUT2D eigenvalue weighted by molar-refractivity contribution is -0.145. The quantitative estimate of drug-likeness (QED) is 0.277. The molecule has 0 radical (unpaired) electrons. The van der Waals surface area contributed by atoms with E-state index in [0.29, 0.717) is 37.5 Å². The van der Waals surface area contributed by atoms with E-state index < -0.39 is 0 Å². The molecule has 0 bridgehead atoms. The number of esters is 1. The maximum Gasteiger partial charge on any atom is 0.306 e. The number of carbonyl (C=O) groups excluding carboxylic acids is 2. The van der Waals surface area contributed by atoms with Crippen molar-refractivity contribution < 1.29 is 14.3 Å². The first-order valence-electron chi connectivity index (χ1n) is 11.4. The lowest BCUT2D eigenvalue weighted by atomic mass is 9.92. The molecule has 1 amide bonds. The lowest BCUT2D eigenvalue weighted by Crippen LogP contribution is -2.39. The predicted octanol–water partition coefficient (Wildman–Crippen LogP) is 4.48. The van der Waals surface area contributed by atoms with Crippen LogP contribution in [-0.2, 0) is 9.53 Å². The maximum absolute atomic E-state index is 13.3. The van der Waals surface area contributed by atoms with Gasteiger partial charge in [-0.1, -0.05) is 55.8 Å². The highest BCUT2D eigenvalue weighted by Crippen LogP contribution is 2.28. The molecule has 0 aliphatic carbocycles. The minimum Gasteiger partial charge on any atom is -0.466 e. The number of unbranched alkanes of at least 4 members (excludes halogenated alkanes) is 1. The second-order valence-electron chi connectivity index (χ2n) is 8.26. The molecule has 32 heavy (non-hydrogen) atoms. The van der Waals surface area contributed by atoms with Crippen molar-refractivity contribution in [3.63, 3.8) is 0 Å². The molecule has 0 spiro atoms. The summed E-state index contributed by atoms with van der Waals surface area (Å²) in [6, 6.07) is 15.3. The highest BCUT2D eigenvalue weighted by molar-refractivity contribution is 6.01. The van der Waals surface area contributed by atoms with E-state index >= 15 is 0 Å². The Labute approximate surface area is 190 Å². The molecule has 6 nitrogen and oxygen atoms in total. The van der Waals surface area contributed by atoms with Crippen LogP contribution in [0.25, 0.3) is 11.1 Å². The number of ether oxygens (including phenoxy) is 1. The molecule has 1 fully saturated rings. The van der Waals surface area contributed by atoms with E-state index in [2.05, 4.69) is 12.2 Å². The van der Waals surface area contributed by atoms with Gasteiger partial charge in [0.2, 0.25) is 0 Å². The topological polar surface area (TPSA) is 82.5 Å². The Kier molecular flexibility index (Phi) is 8.42. The number of rotatable bonds is 8. The third kappa shape index (κ3) is 5.96. The molecule has 0 aromatic heterocycles. The van der Waals surface area contributed by atoms with Crippen LogP contribution in [0.4, 0.5) is 0 Å². The van der Waals surface area contributed by atoms with E-state index in [1.165, 1.54) is 0 Å². The Morgan fingerprint density at radius 2 is 1.78 bits per heavy atom. The zero-order chi connectivity index (χ0) is 22.9. The molecule has 170 valence electrons. The smallest absolute Gasteiger partial charge is 0.306 e. The van der Waals surface area contributed by atoms with Crippen LogP contribution in [-0.4, -0.2) is 49.4 Å². The predicted molar refractivity (Wildman–Crippen MR) is 127 cm³/mol. The fraction of sp³-hybridized carbons (Fsp3) is 0.423. The van der Waals surface area contributed by atoms with Gasteiger partial charge in [-0.25, -0.2) is 0 Å². The Morgan fingerprint density at radius 3 is 2.44 bits per heavy atom. The van der Waals surface area contributed by atoms with Crippen molar-refractivity contribution in [3.05, 3.63) is 59.7 Å². The molecule has 1 aliphatic heterocycles. The summed E-state index contributed by atoms with van der Waals surface area (Å²) >= 11 is 0. The molecule has 3 rings (SSSR count). The van der Waals surface area contributed by atoms with Crippen LogP contribution in [0.1, 0.15) is 54.9 Å². The first-order valence-corrected chi connectivity index (χ1v) is 11.4. The van der Waals surface area contributed by atoms with Gasteiger partial charge in [-0.05, 0) is 42.4 Å². The number of amidine groups is 1. The summed E-state index contributed by atoms with van der Waals surface area (Å²) in [4.78, 5) is 27.2. The van der Waals surface area contributed by atoms with Crippen LogP contribution in [0.3, 0.4) is 0 Å². The van der Waals surface area contributed by atoms with E-state index in [1.807, 2.05) is 53.4 Å². The van der Waals surface area contributed by atoms with Gasteiger partial charge in [0.25, 0.3) is 5.91 Å². The summed E-state index contributed by atoms with van der Waals surface area (Å²) in [7, 11) is 1.72. The van der Waals surface area contributed by atoms with E-state index in [4.69, 9.17) is 10.1 Å². The molecule has 6 heteroatoms. The van der Waals surface area contributed by atoms with Gasteiger partial charge in [-0.15, -0.1) is 0 Å². The fourth-order valence-corrected chi connectivity index (χ4v) is 4.02. The van der Waals surface area contributed by atoms with Crippen molar-refractivity contribution in [1.82, 2.24) is 10.2 Å². The molecule has 2 N–H and O–H groups in total. The molecule has 0 unspecified atom stereocenters. The van der Waals surface area contributed by atoms with Crippen LogP contribution in [0.2, 0.25) is 0 Å². The highest BCUT2D eigenvalue weighted by atomic mass is 16.5. The largest absolute Gasteiger partial charge is 0.466 e. The molecule has 2 aromatic carbocycles. The van der Waals surface area contributed by atoms with Gasteiger partial charge in [-0.2, -0.15) is 0 Å². The third-order valence-electron chi connectivity index (χ3n) is 6.01. The Balaban J connectivity index is 1.63. The van der Waals surface area contributed by atoms with Crippen molar-refractivity contribution >= 4 is 17.7 Å². The van der Waals surface area contributed by atoms with Gasteiger partial charge in [0.1, 0.15) is 5.84 Å². The molecular weight excluding hydrogens is 402 g/mol. The van der Waals surface area contributed by atoms with E-state index in [-0.39, 0.29) is 17.8 Å². The maximum atomic E-state index is 13.3. The van der Waals surface area contributed by atoms with E-state index in [9.17, 15) is 9.59 Å². The van der Waals surface area contributed by atoms with Crippen LogP contribution >= 0.6 is 0 Å². The summed E-state index contributed by atoms with van der Waals surface area (Å²) in [5.41, 5.74) is 3.32. The van der Waals surface area contributed by atoms with Crippen LogP contribution in [0.15, 0.2) is 48.5 Å². The summed E-state index contributed by atoms with van der Waals surface area (Å²) in [6.07, 6.45) is 3.99. The van der Waals surface area contributed by atoms with Crippen LogP contribution < -0.4 is 5.32 Å². The van der Waals surface area contributed by atoms with Crippen molar-refractivity contribution in [2.75, 3.05) is 26.7 Å². The molecule has 1 heterocycles. The Hall–Kier alpha value is -3.15. The van der Waals surface area contributed by atoms with Crippen molar-refractivity contribution in [2.24, 2.45) is 5.92 Å². The average Bonchev–Trinajstić information content (AvgIpc) is 2.84. The SMILES string of the molecule is CCCCOC(=O)CC1CCN(C(=O)c2ccccc2-c2ccc(C(=N)NC)cc2)CC1. The van der Waals surface area contributed by atoms with Gasteiger partial charge in [0, 0.05) is 37.7 Å². The third-order valence-corrected chi connectivity index (χ3v) is 6.01. The number of nitrogens with zero attached hydrogens (tertiary/aromatic N) is 1. The minimum atomic E-state index is -0.122. The van der Waals surface area contributed by atoms with Crippen molar-refractivity contribution in [1.29, 1.82) is 5.41 Å². The zero-order valence-electron chi connectivity index (χ0n) is 19.0. The Bertz CT molecular complexity index is 932. The first-order chi connectivity index (χ1) is 15.5. The fourth-order valence-electron chi connectivity index (χ4n) is 4.02. The summed E-state index contributed by atoms with van der Waals surface area (Å²) in [6.45, 7) is 3.88. The summed E-state index contributed by atoms with van der Waals surface area (Å²) in [5.74, 6) is 0.538. The highest BCUT2D eigenvalue weighted by Gasteiger charge is 2.26. The second kappa shape index (κ2) is 11.5. The number of hydrogen-bond donors (Lipinski definition) is 2. The molecule has 1 aliphatic rings. The number of carbonyl (C=O) groups is 2. The number of piperidine rings is 1. The van der Waals surface area contributed by atoms with Gasteiger partial charge < -0.3 is 15.0 Å². The molecule has 0 atom stereocenters. The zero-order valence-corrected chi connectivity index (χ0v) is 19.0. The number of hydrogen-bond acceptors (Lipinski definition) is 4. The summed E-state index contributed by atoms with van der Waals surface area (Å²) in [5, 5.41) is 10.7. The average molecular weight is 436 g/mol. The summed E-state index contributed by atoms with van der Waals surface area (Å²) < 4.78 is 5.29. The van der Waals surface area contributed by atoms with Gasteiger partial charge in [0.05, 0.1) is 6.61 Å². The van der Waals surface area contributed by atoms with Gasteiger partial charge >= 0.3 is 5.97 Å². The van der Waals surface area contributed by atoms with Crippen LogP contribution in [0, 0.1) is 11.3 Å².